The van der Waals surface area contributed by atoms with Crippen LogP contribution in [0.3, 0.4) is 0 Å². The molecule has 0 unspecified atom stereocenters. The lowest BCUT2D eigenvalue weighted by atomic mass is 10.1. The highest BCUT2D eigenvalue weighted by Gasteiger charge is 2.31. The van der Waals surface area contributed by atoms with Crippen LogP contribution in [0.1, 0.15) is 5.56 Å². The molecule has 0 saturated carbocycles. The molecule has 2 aliphatic rings. The van der Waals surface area contributed by atoms with Gasteiger partial charge in [-0.3, -0.25) is 19.8 Å². The SMILES string of the molecule is CN1CCN(c2ccc([N+](=O)[O-])cc2/C=C2\SC(=Nc3ccc(Br)c(Cl)c3)N(C)C2=O)CC1. The van der Waals surface area contributed by atoms with Crippen LogP contribution < -0.4 is 4.90 Å². The third-order valence-electron chi connectivity index (χ3n) is 5.48. The number of nitro groups is 1. The fraction of sp³-hybridized carbons (Fsp3) is 0.273. The van der Waals surface area contributed by atoms with E-state index >= 15 is 0 Å². The highest BCUT2D eigenvalue weighted by Crippen LogP contribution is 2.37. The standard InChI is InChI=1S/C22H21BrClN5O3S/c1-26-7-9-28(10-8-26)19-6-4-16(29(31)32)11-14(19)12-20-21(30)27(2)22(33-20)25-15-3-5-17(23)18(24)13-15/h3-6,11-13H,7-10H2,1-2H3/b20-12-,25-22?. The molecular formula is C22H21BrClN5O3S. The second-order valence-electron chi connectivity index (χ2n) is 7.76. The summed E-state index contributed by atoms with van der Waals surface area (Å²) < 4.78 is 0.763. The molecule has 33 heavy (non-hydrogen) atoms. The number of hydrogen-bond donors (Lipinski definition) is 0. The molecule has 4 rings (SSSR count). The summed E-state index contributed by atoms with van der Waals surface area (Å²) in [4.78, 5) is 34.8. The molecule has 0 N–H and O–H groups in total. The zero-order chi connectivity index (χ0) is 23.7. The van der Waals surface area contributed by atoms with E-state index in [9.17, 15) is 14.9 Å². The van der Waals surface area contributed by atoms with Crippen LogP contribution in [0.15, 0.2) is 50.8 Å². The number of aliphatic imine (C=N–C) groups is 1. The molecule has 2 saturated heterocycles. The van der Waals surface area contributed by atoms with Crippen LogP contribution in [0.4, 0.5) is 17.1 Å². The Kier molecular flexibility index (Phi) is 7.08. The van der Waals surface area contributed by atoms with Gasteiger partial charge in [0.25, 0.3) is 11.6 Å². The normalized spacial score (nSPS) is 19.7. The Morgan fingerprint density at radius 1 is 1.15 bits per heavy atom. The first-order valence-corrected chi connectivity index (χ1v) is 12.1. The number of carbonyl (C=O) groups is 1. The number of amidine groups is 1. The van der Waals surface area contributed by atoms with Gasteiger partial charge in [-0.25, -0.2) is 4.99 Å². The third kappa shape index (κ3) is 5.24. The molecule has 0 bridgehead atoms. The van der Waals surface area contributed by atoms with Gasteiger partial charge in [0.1, 0.15) is 0 Å². The van der Waals surface area contributed by atoms with Crippen molar-refractivity contribution in [3.8, 4) is 0 Å². The summed E-state index contributed by atoms with van der Waals surface area (Å²) in [6.07, 6.45) is 1.72. The molecule has 2 fully saturated rings. The van der Waals surface area contributed by atoms with Gasteiger partial charge in [-0.2, -0.15) is 0 Å². The number of benzene rings is 2. The molecule has 172 valence electrons. The van der Waals surface area contributed by atoms with Crippen molar-refractivity contribution < 1.29 is 9.72 Å². The van der Waals surface area contributed by atoms with Crippen molar-refractivity contribution in [2.45, 2.75) is 0 Å². The highest BCUT2D eigenvalue weighted by molar-refractivity contribution is 9.10. The lowest BCUT2D eigenvalue weighted by Gasteiger charge is -2.34. The lowest BCUT2D eigenvalue weighted by Crippen LogP contribution is -2.44. The Balaban J connectivity index is 1.69. The molecule has 2 aromatic carbocycles. The average molecular weight is 551 g/mol. The van der Waals surface area contributed by atoms with E-state index in [2.05, 4.69) is 37.8 Å². The molecule has 0 aromatic heterocycles. The minimum atomic E-state index is -0.421. The quantitative estimate of drug-likeness (QED) is 0.303. The summed E-state index contributed by atoms with van der Waals surface area (Å²) >= 11 is 10.8. The van der Waals surface area contributed by atoms with E-state index in [0.717, 1.165) is 36.3 Å². The van der Waals surface area contributed by atoms with Gasteiger partial charge in [-0.1, -0.05) is 11.6 Å². The maximum atomic E-state index is 12.9. The predicted molar refractivity (Wildman–Crippen MR) is 137 cm³/mol. The van der Waals surface area contributed by atoms with E-state index < -0.39 is 4.92 Å². The average Bonchev–Trinajstić information content (AvgIpc) is 3.04. The number of amides is 1. The molecule has 0 aliphatic carbocycles. The third-order valence-corrected chi connectivity index (χ3v) is 7.78. The van der Waals surface area contributed by atoms with Gasteiger partial charge in [-0.15, -0.1) is 0 Å². The van der Waals surface area contributed by atoms with Crippen molar-refractivity contribution in [2.24, 2.45) is 4.99 Å². The van der Waals surface area contributed by atoms with Gasteiger partial charge in [0.05, 0.1) is 20.5 Å². The van der Waals surface area contributed by atoms with Crippen LogP contribution in [0.2, 0.25) is 5.02 Å². The Hall–Kier alpha value is -2.40. The number of nitro benzene ring substituents is 1. The first-order chi connectivity index (χ1) is 15.7. The summed E-state index contributed by atoms with van der Waals surface area (Å²) in [5.74, 6) is -0.210. The molecule has 8 nitrogen and oxygen atoms in total. The topological polar surface area (TPSA) is 82.3 Å². The van der Waals surface area contributed by atoms with E-state index in [0.29, 0.717) is 26.3 Å². The number of non-ortho nitro benzene ring substituents is 1. The van der Waals surface area contributed by atoms with Gasteiger partial charge in [-0.05, 0) is 65.1 Å². The van der Waals surface area contributed by atoms with Crippen molar-refractivity contribution in [3.63, 3.8) is 0 Å². The lowest BCUT2D eigenvalue weighted by molar-refractivity contribution is -0.384. The van der Waals surface area contributed by atoms with Crippen molar-refractivity contribution in [1.82, 2.24) is 9.80 Å². The van der Waals surface area contributed by atoms with Crippen molar-refractivity contribution in [1.29, 1.82) is 0 Å². The largest absolute Gasteiger partial charge is 0.368 e. The van der Waals surface area contributed by atoms with E-state index in [1.807, 2.05) is 0 Å². The maximum absolute atomic E-state index is 12.9. The Morgan fingerprint density at radius 3 is 2.55 bits per heavy atom. The van der Waals surface area contributed by atoms with E-state index in [1.54, 1.807) is 37.4 Å². The smallest absolute Gasteiger partial charge is 0.270 e. The summed E-state index contributed by atoms with van der Waals surface area (Å²) in [6, 6.07) is 10.1. The fourth-order valence-corrected chi connectivity index (χ4v) is 4.96. The second kappa shape index (κ2) is 9.84. The molecule has 2 aromatic rings. The van der Waals surface area contributed by atoms with Crippen LogP contribution in [0.25, 0.3) is 6.08 Å². The number of carbonyl (C=O) groups excluding carboxylic acids is 1. The Morgan fingerprint density at radius 2 is 1.88 bits per heavy atom. The molecule has 0 spiro atoms. The van der Waals surface area contributed by atoms with Gasteiger partial charge < -0.3 is 9.80 Å². The zero-order valence-corrected chi connectivity index (χ0v) is 21.2. The van der Waals surface area contributed by atoms with Gasteiger partial charge in [0.2, 0.25) is 0 Å². The molecule has 2 aliphatic heterocycles. The monoisotopic (exact) mass is 549 g/mol. The molecular weight excluding hydrogens is 530 g/mol. The predicted octanol–water partition coefficient (Wildman–Crippen LogP) is 5.00. The number of thioether (sulfide) groups is 1. The fourth-order valence-electron chi connectivity index (χ4n) is 3.56. The summed E-state index contributed by atoms with van der Waals surface area (Å²) in [7, 11) is 3.73. The first kappa shape index (κ1) is 23.7. The first-order valence-electron chi connectivity index (χ1n) is 10.2. The van der Waals surface area contributed by atoms with Gasteiger partial charge in [0, 0.05) is 61.1 Å². The molecule has 0 atom stereocenters. The van der Waals surface area contributed by atoms with Gasteiger partial charge in [0.15, 0.2) is 5.17 Å². The number of rotatable bonds is 4. The van der Waals surface area contributed by atoms with Crippen molar-refractivity contribution in [3.05, 3.63) is 66.5 Å². The number of anilines is 1. The van der Waals surface area contributed by atoms with Crippen LogP contribution >= 0.6 is 39.3 Å². The number of halogens is 2. The molecule has 2 heterocycles. The summed E-state index contributed by atoms with van der Waals surface area (Å²) in [5, 5.41) is 12.4. The number of hydrogen-bond acceptors (Lipinski definition) is 7. The van der Waals surface area contributed by atoms with E-state index in [4.69, 9.17) is 11.6 Å². The second-order valence-corrected chi connectivity index (χ2v) is 10.0. The Bertz CT molecular complexity index is 1180. The number of likely N-dealkylation sites (N-methyl/N-ethyl adjacent to an activating group) is 2. The van der Waals surface area contributed by atoms with Gasteiger partial charge >= 0.3 is 0 Å². The van der Waals surface area contributed by atoms with Crippen LogP contribution in [-0.2, 0) is 4.79 Å². The summed E-state index contributed by atoms with van der Waals surface area (Å²) in [6.45, 7) is 3.41. The van der Waals surface area contributed by atoms with Crippen LogP contribution in [-0.4, -0.2) is 66.1 Å². The minimum absolute atomic E-state index is 0.0121. The summed E-state index contributed by atoms with van der Waals surface area (Å²) in [5.41, 5.74) is 2.13. The number of nitrogens with zero attached hydrogens (tertiary/aromatic N) is 5. The van der Waals surface area contributed by atoms with Crippen molar-refractivity contribution >= 4 is 73.5 Å². The van der Waals surface area contributed by atoms with Crippen LogP contribution in [0.5, 0.6) is 0 Å². The van der Waals surface area contributed by atoms with E-state index in [1.165, 1.54) is 28.8 Å². The van der Waals surface area contributed by atoms with Crippen LogP contribution in [0, 0.1) is 10.1 Å². The zero-order valence-electron chi connectivity index (χ0n) is 18.0. The van der Waals surface area contributed by atoms with E-state index in [-0.39, 0.29) is 11.6 Å². The molecule has 1 amide bonds. The highest BCUT2D eigenvalue weighted by atomic mass is 79.9. The Labute approximate surface area is 209 Å². The van der Waals surface area contributed by atoms with Crippen molar-refractivity contribution in [2.75, 3.05) is 45.2 Å². The number of piperazine rings is 1. The minimum Gasteiger partial charge on any atom is -0.368 e. The maximum Gasteiger partial charge on any atom is 0.270 e. The molecule has 0 radical (unpaired) electrons. The molecule has 11 heteroatoms.